The molecule has 0 bridgehead atoms. The molecule has 3 aromatic rings. The largest absolute Gasteiger partial charge is 0.494 e. The minimum atomic E-state index is -4.37. The summed E-state index contributed by atoms with van der Waals surface area (Å²) in [6, 6.07) is 9.19. The molecular weight excluding hydrogens is 481 g/mol. The monoisotopic (exact) mass is 510 g/mol. The number of hydrogen-bond donors (Lipinski definition) is 1. The molecule has 1 aromatic heterocycles. The van der Waals surface area contributed by atoms with Crippen LogP contribution in [0.3, 0.4) is 0 Å². The Bertz CT molecular complexity index is 1160. The number of halogens is 3. The fourth-order valence-corrected chi connectivity index (χ4v) is 5.42. The molecule has 1 N–H and O–H groups in total. The van der Waals surface area contributed by atoms with Crippen molar-refractivity contribution in [3.05, 3.63) is 58.0 Å². The Hall–Kier alpha value is -2.78. The zero-order chi connectivity index (χ0) is 25.6. The van der Waals surface area contributed by atoms with Crippen LogP contribution in [-0.2, 0) is 22.1 Å². The van der Waals surface area contributed by atoms with Gasteiger partial charge in [0, 0.05) is 23.3 Å². The molecule has 1 heterocycles. The Balaban J connectivity index is 1.75. The molecule has 0 aliphatic rings. The summed E-state index contributed by atoms with van der Waals surface area (Å²) >= 11 is 1.40. The molecule has 0 saturated heterocycles. The summed E-state index contributed by atoms with van der Waals surface area (Å²) in [5, 5.41) is 9.66. The molecule has 0 saturated carbocycles. The number of carbonyl (C=O) groups is 1. The number of carboxylic acid groups (broad SMARTS) is 1. The summed E-state index contributed by atoms with van der Waals surface area (Å²) in [7, 11) is 1.63. The second kappa shape index (κ2) is 11.8. The molecule has 190 valence electrons. The molecule has 3 rings (SSSR count). The lowest BCUT2D eigenvalue weighted by Gasteiger charge is -2.17. The van der Waals surface area contributed by atoms with Gasteiger partial charge in [-0.2, -0.15) is 13.2 Å². The number of fused-ring (bicyclic) bond motifs is 1. The van der Waals surface area contributed by atoms with Crippen molar-refractivity contribution in [2.75, 3.05) is 26.9 Å². The molecule has 9 heteroatoms. The number of ether oxygens (including phenoxy) is 3. The third kappa shape index (κ3) is 6.89. The van der Waals surface area contributed by atoms with Gasteiger partial charge in [0.2, 0.25) is 0 Å². The van der Waals surface area contributed by atoms with Gasteiger partial charge < -0.3 is 19.3 Å². The summed E-state index contributed by atoms with van der Waals surface area (Å²) in [5.74, 6) is 0.198. The number of aryl methyl sites for hydroxylation is 2. The fraction of sp³-hybridized carbons (Fsp3) is 0.423. The Morgan fingerprint density at radius 1 is 1.09 bits per heavy atom. The molecule has 0 spiro atoms. The van der Waals surface area contributed by atoms with Crippen LogP contribution in [0.4, 0.5) is 13.2 Å². The highest BCUT2D eigenvalue weighted by Crippen LogP contribution is 2.41. The molecule has 0 amide bonds. The average molecular weight is 511 g/mol. The number of hydrogen-bond acceptors (Lipinski definition) is 5. The van der Waals surface area contributed by atoms with E-state index in [1.54, 1.807) is 25.3 Å². The third-order valence-electron chi connectivity index (χ3n) is 5.84. The molecule has 0 radical (unpaired) electrons. The predicted octanol–water partition coefficient (Wildman–Crippen LogP) is 6.84. The van der Waals surface area contributed by atoms with Crippen LogP contribution in [0, 0.1) is 6.92 Å². The van der Waals surface area contributed by atoms with Crippen molar-refractivity contribution < 1.29 is 37.3 Å². The van der Waals surface area contributed by atoms with Gasteiger partial charge in [-0.3, -0.25) is 0 Å². The van der Waals surface area contributed by atoms with E-state index < -0.39 is 24.3 Å². The predicted molar refractivity (Wildman–Crippen MR) is 130 cm³/mol. The summed E-state index contributed by atoms with van der Waals surface area (Å²) in [6.07, 6.45) is -2.33. The van der Waals surface area contributed by atoms with Crippen molar-refractivity contribution in [3.8, 4) is 11.5 Å². The van der Waals surface area contributed by atoms with Gasteiger partial charge in [0.25, 0.3) is 0 Å². The highest BCUT2D eigenvalue weighted by atomic mass is 32.1. The van der Waals surface area contributed by atoms with Gasteiger partial charge in [-0.05, 0) is 78.9 Å². The van der Waals surface area contributed by atoms with Gasteiger partial charge in [-0.15, -0.1) is 11.3 Å². The lowest BCUT2D eigenvalue weighted by molar-refractivity contribution is -0.139. The maximum atomic E-state index is 13.2. The van der Waals surface area contributed by atoms with E-state index in [0.29, 0.717) is 42.3 Å². The van der Waals surface area contributed by atoms with Crippen LogP contribution < -0.4 is 9.47 Å². The number of benzene rings is 2. The molecule has 0 aliphatic heterocycles. The topological polar surface area (TPSA) is 65.0 Å². The SMILES string of the molecule is CCc1cc(OCCC(CCOC)c2sc3cc(C(F)(F)F)ccc3c2C)ccc1OCC(=O)O. The van der Waals surface area contributed by atoms with Crippen molar-refractivity contribution in [2.24, 2.45) is 0 Å². The lowest BCUT2D eigenvalue weighted by Crippen LogP contribution is -2.11. The van der Waals surface area contributed by atoms with Gasteiger partial charge in [0.05, 0.1) is 12.2 Å². The minimum absolute atomic E-state index is 0.0745. The number of aliphatic carboxylic acids is 1. The summed E-state index contributed by atoms with van der Waals surface area (Å²) in [5.41, 5.74) is 1.20. The summed E-state index contributed by atoms with van der Waals surface area (Å²) in [6.45, 7) is 4.43. The molecule has 0 aliphatic carbocycles. The van der Waals surface area contributed by atoms with Crippen LogP contribution in [0.25, 0.3) is 10.1 Å². The molecule has 1 unspecified atom stereocenters. The average Bonchev–Trinajstić information content (AvgIpc) is 3.15. The summed E-state index contributed by atoms with van der Waals surface area (Å²) in [4.78, 5) is 11.8. The minimum Gasteiger partial charge on any atom is -0.494 e. The van der Waals surface area contributed by atoms with E-state index in [1.165, 1.54) is 17.4 Å². The second-order valence-electron chi connectivity index (χ2n) is 8.22. The molecule has 5 nitrogen and oxygen atoms in total. The maximum absolute atomic E-state index is 13.2. The smallest absolute Gasteiger partial charge is 0.416 e. The Morgan fingerprint density at radius 2 is 1.83 bits per heavy atom. The van der Waals surface area contributed by atoms with Crippen LogP contribution in [-0.4, -0.2) is 38.0 Å². The molecule has 35 heavy (non-hydrogen) atoms. The van der Waals surface area contributed by atoms with Gasteiger partial charge >= 0.3 is 12.1 Å². The van der Waals surface area contributed by atoms with Crippen molar-refractivity contribution in [1.29, 1.82) is 0 Å². The van der Waals surface area contributed by atoms with Crippen LogP contribution in [0.5, 0.6) is 11.5 Å². The van der Waals surface area contributed by atoms with Crippen molar-refractivity contribution in [1.82, 2.24) is 0 Å². The number of methoxy groups -OCH3 is 1. The first-order valence-corrected chi connectivity index (χ1v) is 12.1. The normalized spacial score (nSPS) is 12.6. The number of rotatable bonds is 12. The van der Waals surface area contributed by atoms with Gasteiger partial charge in [-0.25, -0.2) is 4.79 Å². The third-order valence-corrected chi connectivity index (χ3v) is 7.26. The fourth-order valence-electron chi connectivity index (χ4n) is 4.00. The maximum Gasteiger partial charge on any atom is 0.416 e. The quantitative estimate of drug-likeness (QED) is 0.289. The van der Waals surface area contributed by atoms with E-state index in [1.807, 2.05) is 19.9 Å². The lowest BCUT2D eigenvalue weighted by atomic mass is 9.96. The zero-order valence-electron chi connectivity index (χ0n) is 19.9. The zero-order valence-corrected chi connectivity index (χ0v) is 20.7. The number of thiophene rings is 1. The number of alkyl halides is 3. The number of carboxylic acids is 1. The molecule has 1 atom stereocenters. The van der Waals surface area contributed by atoms with E-state index >= 15 is 0 Å². The first-order chi connectivity index (χ1) is 16.6. The van der Waals surface area contributed by atoms with Crippen LogP contribution in [0.1, 0.15) is 47.3 Å². The van der Waals surface area contributed by atoms with E-state index in [0.717, 1.165) is 33.9 Å². The Morgan fingerprint density at radius 3 is 2.49 bits per heavy atom. The standard InChI is InChI=1S/C26H29F3O5S/c1-4-17-13-20(6-8-22(17)34-15-24(30)31)33-12-10-18(9-11-32-3)25-16(2)21-7-5-19(26(27,28)29)14-23(21)35-25/h5-8,13-14,18H,4,9-12,15H2,1-3H3,(H,30,31). The van der Waals surface area contributed by atoms with Gasteiger partial charge in [0.1, 0.15) is 11.5 Å². The molecule has 2 aromatic carbocycles. The highest BCUT2D eigenvalue weighted by Gasteiger charge is 2.31. The van der Waals surface area contributed by atoms with Crippen molar-refractivity contribution >= 4 is 27.4 Å². The second-order valence-corrected chi connectivity index (χ2v) is 9.30. The van der Waals surface area contributed by atoms with Crippen LogP contribution in [0.15, 0.2) is 36.4 Å². The van der Waals surface area contributed by atoms with Crippen molar-refractivity contribution in [3.63, 3.8) is 0 Å². The van der Waals surface area contributed by atoms with Crippen molar-refractivity contribution in [2.45, 2.75) is 45.2 Å². The molecular formula is C26H29F3O5S. The van der Waals surface area contributed by atoms with Crippen LogP contribution >= 0.6 is 11.3 Å². The van der Waals surface area contributed by atoms with Gasteiger partial charge in [-0.1, -0.05) is 13.0 Å². The Kier molecular flexibility index (Phi) is 9.02. The Labute approximate surface area is 206 Å². The van der Waals surface area contributed by atoms with E-state index in [-0.39, 0.29) is 5.92 Å². The first kappa shape index (κ1) is 26.8. The van der Waals surface area contributed by atoms with Crippen LogP contribution in [0.2, 0.25) is 0 Å². The van der Waals surface area contributed by atoms with E-state index in [2.05, 4.69) is 0 Å². The van der Waals surface area contributed by atoms with Gasteiger partial charge in [0.15, 0.2) is 6.61 Å². The highest BCUT2D eigenvalue weighted by molar-refractivity contribution is 7.19. The first-order valence-electron chi connectivity index (χ1n) is 11.3. The van der Waals surface area contributed by atoms with E-state index in [9.17, 15) is 18.0 Å². The van der Waals surface area contributed by atoms with E-state index in [4.69, 9.17) is 19.3 Å². The molecule has 0 fully saturated rings. The summed E-state index contributed by atoms with van der Waals surface area (Å²) < 4.78 is 56.7.